The third-order valence-electron chi connectivity index (χ3n) is 3.14. The molecule has 0 radical (unpaired) electrons. The van der Waals surface area contributed by atoms with Crippen molar-refractivity contribution in [2.24, 2.45) is 5.16 Å². The number of carbonyl (C=O) groups is 1. The van der Waals surface area contributed by atoms with Crippen LogP contribution >= 0.6 is 11.6 Å². The number of halogens is 1. The van der Waals surface area contributed by atoms with E-state index in [9.17, 15) is 4.79 Å². The molecule has 0 fully saturated rings. The van der Waals surface area contributed by atoms with E-state index in [2.05, 4.69) is 17.1 Å². The van der Waals surface area contributed by atoms with Crippen LogP contribution in [0, 0.1) is 0 Å². The van der Waals surface area contributed by atoms with Crippen LogP contribution in [0.3, 0.4) is 0 Å². The van der Waals surface area contributed by atoms with Gasteiger partial charge in [-0.3, -0.25) is 4.79 Å². The molecule has 0 aliphatic carbocycles. The van der Waals surface area contributed by atoms with Gasteiger partial charge in [0.2, 0.25) is 0 Å². The maximum absolute atomic E-state index is 11.8. The van der Waals surface area contributed by atoms with Crippen molar-refractivity contribution in [1.29, 1.82) is 0 Å². The number of anilines is 1. The Morgan fingerprint density at radius 1 is 1.23 bits per heavy atom. The fraction of sp³-hybridized carbons (Fsp3) is 0.158. The molecule has 0 aliphatic rings. The fourth-order valence-corrected chi connectivity index (χ4v) is 2.08. The number of oxime groups is 1. The number of ether oxygens (including phenoxy) is 2. The maximum Gasteiger partial charge on any atom is 0.265 e. The van der Waals surface area contributed by atoms with Crippen LogP contribution in [-0.2, 0) is 9.63 Å². The third-order valence-corrected chi connectivity index (χ3v) is 3.40. The fourth-order valence-electron chi connectivity index (χ4n) is 1.96. The van der Waals surface area contributed by atoms with Gasteiger partial charge in [0.05, 0.1) is 13.3 Å². The zero-order chi connectivity index (χ0) is 18.8. The summed E-state index contributed by atoms with van der Waals surface area (Å²) in [6.07, 6.45) is 3.13. The van der Waals surface area contributed by atoms with Crippen molar-refractivity contribution in [2.75, 3.05) is 25.6 Å². The topological polar surface area (TPSA) is 69.2 Å². The summed E-state index contributed by atoms with van der Waals surface area (Å²) in [5.41, 5.74) is 1.37. The first-order chi connectivity index (χ1) is 12.6. The molecule has 0 unspecified atom stereocenters. The van der Waals surface area contributed by atoms with E-state index >= 15 is 0 Å². The molecule has 0 saturated heterocycles. The molecular formula is C19H19ClN2O4. The van der Waals surface area contributed by atoms with E-state index in [0.29, 0.717) is 28.8 Å². The molecule has 0 saturated carbocycles. The van der Waals surface area contributed by atoms with Crippen LogP contribution in [0.4, 0.5) is 5.69 Å². The average molecular weight is 375 g/mol. The van der Waals surface area contributed by atoms with Gasteiger partial charge in [-0.2, -0.15) is 0 Å². The zero-order valence-corrected chi connectivity index (χ0v) is 15.0. The third kappa shape index (κ3) is 6.14. The molecule has 0 aliphatic heterocycles. The van der Waals surface area contributed by atoms with Crippen LogP contribution in [0.2, 0.25) is 5.02 Å². The quantitative estimate of drug-likeness (QED) is 0.410. The Bertz CT molecular complexity index is 776. The van der Waals surface area contributed by atoms with E-state index in [-0.39, 0.29) is 12.5 Å². The second-order valence-electron chi connectivity index (χ2n) is 5.07. The summed E-state index contributed by atoms with van der Waals surface area (Å²) in [5, 5.41) is 7.05. The number of nitrogens with zero attached hydrogens (tertiary/aromatic N) is 1. The SMILES string of the molecule is C=CCOc1ccc(C=NOCC(=O)Nc2ccc(Cl)cc2)cc1OC. The standard InChI is InChI=1S/C19H19ClN2O4/c1-3-10-25-17-9-4-14(11-18(17)24-2)12-21-26-13-19(23)22-16-7-5-15(20)6-8-16/h3-9,11-12H,1,10,13H2,2H3,(H,22,23). The Labute approximate surface area is 157 Å². The minimum absolute atomic E-state index is 0.212. The average Bonchev–Trinajstić information content (AvgIpc) is 2.65. The largest absolute Gasteiger partial charge is 0.493 e. The van der Waals surface area contributed by atoms with E-state index in [4.69, 9.17) is 25.9 Å². The predicted molar refractivity (Wildman–Crippen MR) is 102 cm³/mol. The van der Waals surface area contributed by atoms with Crippen LogP contribution in [-0.4, -0.2) is 32.4 Å². The highest BCUT2D eigenvalue weighted by Gasteiger charge is 2.05. The van der Waals surface area contributed by atoms with Crippen LogP contribution in [0.5, 0.6) is 11.5 Å². The highest BCUT2D eigenvalue weighted by atomic mass is 35.5. The van der Waals surface area contributed by atoms with Gasteiger partial charge in [0.15, 0.2) is 18.1 Å². The number of benzene rings is 2. The molecule has 7 heteroatoms. The monoisotopic (exact) mass is 374 g/mol. The molecule has 0 aromatic heterocycles. The molecule has 26 heavy (non-hydrogen) atoms. The van der Waals surface area contributed by atoms with Crippen molar-refractivity contribution in [2.45, 2.75) is 0 Å². The van der Waals surface area contributed by atoms with Crippen molar-refractivity contribution in [3.63, 3.8) is 0 Å². The molecule has 2 aromatic rings. The Kier molecular flexibility index (Phi) is 7.51. The zero-order valence-electron chi connectivity index (χ0n) is 14.3. The predicted octanol–water partition coefficient (Wildman–Crippen LogP) is 3.90. The Morgan fingerprint density at radius 3 is 2.69 bits per heavy atom. The number of carbonyl (C=O) groups excluding carboxylic acids is 1. The first-order valence-corrected chi connectivity index (χ1v) is 8.12. The molecule has 6 nitrogen and oxygen atoms in total. The second-order valence-corrected chi connectivity index (χ2v) is 5.51. The van der Waals surface area contributed by atoms with E-state index in [1.54, 1.807) is 55.7 Å². The first kappa shape index (κ1) is 19.3. The van der Waals surface area contributed by atoms with Gasteiger partial charge in [0.1, 0.15) is 6.61 Å². The van der Waals surface area contributed by atoms with Crippen molar-refractivity contribution in [1.82, 2.24) is 0 Å². The number of rotatable bonds is 9. The second kappa shape index (κ2) is 10.1. The summed E-state index contributed by atoms with van der Waals surface area (Å²) < 4.78 is 10.7. The number of hydrogen-bond donors (Lipinski definition) is 1. The summed E-state index contributed by atoms with van der Waals surface area (Å²) in [5.74, 6) is 0.847. The van der Waals surface area contributed by atoms with E-state index < -0.39 is 0 Å². The molecule has 136 valence electrons. The molecular weight excluding hydrogens is 356 g/mol. The number of nitrogens with one attached hydrogen (secondary N) is 1. The van der Waals surface area contributed by atoms with Gasteiger partial charge >= 0.3 is 0 Å². The van der Waals surface area contributed by atoms with Gasteiger partial charge in [-0.25, -0.2) is 0 Å². The molecule has 0 atom stereocenters. The van der Waals surface area contributed by atoms with Gasteiger partial charge in [0.25, 0.3) is 5.91 Å². The van der Waals surface area contributed by atoms with E-state index in [0.717, 1.165) is 5.56 Å². The van der Waals surface area contributed by atoms with Crippen molar-refractivity contribution >= 4 is 29.4 Å². The molecule has 2 rings (SSSR count). The number of amides is 1. The summed E-state index contributed by atoms with van der Waals surface area (Å²) in [7, 11) is 1.55. The lowest BCUT2D eigenvalue weighted by atomic mass is 10.2. The molecule has 0 bridgehead atoms. The summed E-state index contributed by atoms with van der Waals surface area (Å²) >= 11 is 5.79. The van der Waals surface area contributed by atoms with Gasteiger partial charge in [-0.1, -0.05) is 29.4 Å². The van der Waals surface area contributed by atoms with Crippen molar-refractivity contribution in [3.8, 4) is 11.5 Å². The lowest BCUT2D eigenvalue weighted by Gasteiger charge is -2.09. The van der Waals surface area contributed by atoms with Gasteiger partial charge in [-0.15, -0.1) is 0 Å². The summed E-state index contributed by atoms with van der Waals surface area (Å²) in [6, 6.07) is 12.1. The number of methoxy groups -OCH3 is 1. The minimum atomic E-state index is -0.324. The minimum Gasteiger partial charge on any atom is -0.493 e. The number of hydrogen-bond acceptors (Lipinski definition) is 5. The summed E-state index contributed by atoms with van der Waals surface area (Å²) in [4.78, 5) is 16.8. The normalized spacial score (nSPS) is 10.4. The molecule has 0 spiro atoms. The lowest BCUT2D eigenvalue weighted by molar-refractivity contribution is -0.120. The maximum atomic E-state index is 11.8. The smallest absolute Gasteiger partial charge is 0.265 e. The Morgan fingerprint density at radius 2 is 2.00 bits per heavy atom. The van der Waals surface area contributed by atoms with Gasteiger partial charge in [-0.05, 0) is 42.5 Å². The van der Waals surface area contributed by atoms with Crippen LogP contribution in [0.25, 0.3) is 0 Å². The molecule has 1 N–H and O–H groups in total. The molecule has 1 amide bonds. The molecule has 0 heterocycles. The van der Waals surface area contributed by atoms with Crippen LogP contribution in [0.1, 0.15) is 5.56 Å². The van der Waals surface area contributed by atoms with Gasteiger partial charge in [0, 0.05) is 16.3 Å². The van der Waals surface area contributed by atoms with Gasteiger partial charge < -0.3 is 19.6 Å². The Hall–Kier alpha value is -2.99. The van der Waals surface area contributed by atoms with Crippen LogP contribution < -0.4 is 14.8 Å². The highest BCUT2D eigenvalue weighted by Crippen LogP contribution is 2.27. The summed E-state index contributed by atoms with van der Waals surface area (Å²) in [6.45, 7) is 3.77. The highest BCUT2D eigenvalue weighted by molar-refractivity contribution is 6.30. The Balaban J connectivity index is 1.84. The van der Waals surface area contributed by atoms with Crippen molar-refractivity contribution in [3.05, 3.63) is 65.7 Å². The van der Waals surface area contributed by atoms with E-state index in [1.165, 1.54) is 6.21 Å². The van der Waals surface area contributed by atoms with Crippen LogP contribution in [0.15, 0.2) is 60.3 Å². The van der Waals surface area contributed by atoms with E-state index in [1.807, 2.05) is 0 Å². The molecule has 2 aromatic carbocycles. The lowest BCUT2D eigenvalue weighted by Crippen LogP contribution is -2.16. The van der Waals surface area contributed by atoms with Crippen molar-refractivity contribution < 1.29 is 19.1 Å². The first-order valence-electron chi connectivity index (χ1n) is 7.75.